The monoisotopic (exact) mass is 359 g/mol. The van der Waals surface area contributed by atoms with Crippen LogP contribution in [0.5, 0.6) is 0 Å². The lowest BCUT2D eigenvalue weighted by atomic mass is 10.3. The van der Waals surface area contributed by atoms with Crippen LogP contribution in [0.25, 0.3) is 0 Å². The van der Waals surface area contributed by atoms with Crippen molar-refractivity contribution in [2.45, 2.75) is 24.3 Å². The highest BCUT2D eigenvalue weighted by Crippen LogP contribution is 2.15. The lowest BCUT2D eigenvalue weighted by molar-refractivity contribution is -0.696. The molecule has 0 bridgehead atoms. The summed E-state index contributed by atoms with van der Waals surface area (Å²) >= 11 is 0. The third kappa shape index (κ3) is 5.45. The zero-order valence-corrected chi connectivity index (χ0v) is 14.3. The van der Waals surface area contributed by atoms with E-state index in [4.69, 9.17) is 0 Å². The second-order valence-electron chi connectivity index (χ2n) is 5.12. The molecule has 0 saturated heterocycles. The average Bonchev–Trinajstić information content (AvgIpc) is 2.89. The quantitative estimate of drug-likeness (QED) is 0.515. The van der Waals surface area contributed by atoms with E-state index in [-0.39, 0.29) is 10.6 Å². The fourth-order valence-electron chi connectivity index (χ4n) is 2.00. The first kappa shape index (κ1) is 17.6. The van der Waals surface area contributed by atoms with Crippen LogP contribution in [0.1, 0.15) is 12.8 Å². The van der Waals surface area contributed by atoms with Crippen LogP contribution in [0.2, 0.25) is 0 Å². The Morgan fingerprint density at radius 1 is 1.09 bits per heavy atom. The molecule has 126 valence electrons. The summed E-state index contributed by atoms with van der Waals surface area (Å²) in [4.78, 5) is -0.177. The van der Waals surface area contributed by atoms with E-state index in [1.807, 2.05) is 34.9 Å². The van der Waals surface area contributed by atoms with E-state index in [0.29, 0.717) is 19.4 Å². The number of imidazole rings is 1. The van der Waals surface area contributed by atoms with Crippen LogP contribution in [0.4, 0.5) is 0 Å². The molecule has 0 amide bonds. The van der Waals surface area contributed by atoms with Crippen LogP contribution in [0.3, 0.4) is 0 Å². The predicted octanol–water partition coefficient (Wildman–Crippen LogP) is 0.828. The van der Waals surface area contributed by atoms with Gasteiger partial charge in [-0.15, -0.1) is 3.63 Å². The average molecular weight is 359 g/mol. The molecule has 0 radical (unpaired) electrons. The second kappa shape index (κ2) is 7.24. The molecule has 0 aliphatic heterocycles. The maximum absolute atomic E-state index is 11.9. The van der Waals surface area contributed by atoms with Gasteiger partial charge in [0.1, 0.15) is 12.4 Å². The minimum Gasteiger partial charge on any atom is -0.240 e. The first-order valence-corrected chi connectivity index (χ1v) is 10.0. The Kier molecular flexibility index (Phi) is 5.55. The number of nitrogens with zero attached hydrogens (tertiary/aromatic N) is 2. The Balaban J connectivity index is 1.87. The number of aryl methyl sites for hydroxylation is 2. The summed E-state index contributed by atoms with van der Waals surface area (Å²) in [5.41, 5.74) is 0. The molecular formula is C14H19N2O5S2+. The number of hydrogen-bond donors (Lipinski definition) is 0. The van der Waals surface area contributed by atoms with Crippen LogP contribution in [0.15, 0.2) is 53.9 Å². The number of unbranched alkanes of at least 4 members (excludes halogenated alkanes) is 1. The molecule has 0 unspecified atom stereocenters. The van der Waals surface area contributed by atoms with Crippen LogP contribution in [-0.2, 0) is 37.5 Å². The van der Waals surface area contributed by atoms with Gasteiger partial charge in [-0.1, -0.05) is 18.2 Å². The van der Waals surface area contributed by atoms with Gasteiger partial charge in [-0.25, -0.2) is 9.13 Å². The molecule has 0 spiro atoms. The van der Waals surface area contributed by atoms with Crippen LogP contribution in [0, 0.1) is 0 Å². The molecule has 7 nitrogen and oxygen atoms in total. The molecule has 0 aliphatic rings. The summed E-state index contributed by atoms with van der Waals surface area (Å²) in [5.74, 6) is -0.341. The van der Waals surface area contributed by atoms with Crippen molar-refractivity contribution in [1.29, 1.82) is 0 Å². The molecule has 1 aromatic heterocycles. The zero-order chi connectivity index (χ0) is 16.9. The summed E-state index contributed by atoms with van der Waals surface area (Å²) < 4.78 is 55.6. The smallest absolute Gasteiger partial charge is 0.240 e. The maximum atomic E-state index is 11.9. The van der Waals surface area contributed by atoms with Crippen molar-refractivity contribution in [1.82, 2.24) is 4.57 Å². The maximum Gasteiger partial charge on any atom is 0.311 e. The number of hydrogen-bond acceptors (Lipinski definition) is 5. The van der Waals surface area contributed by atoms with Crippen molar-refractivity contribution in [3.8, 4) is 0 Å². The predicted molar refractivity (Wildman–Crippen MR) is 83.3 cm³/mol. The molecular weight excluding hydrogens is 340 g/mol. The molecule has 2 rings (SSSR count). The fourth-order valence-corrected chi connectivity index (χ4v) is 4.73. The number of aromatic nitrogens is 2. The van der Waals surface area contributed by atoms with Crippen molar-refractivity contribution >= 4 is 20.2 Å². The van der Waals surface area contributed by atoms with E-state index < -0.39 is 20.2 Å². The first-order valence-electron chi connectivity index (χ1n) is 7.03. The standard InChI is InChI=1S/C14H19N2O5S2/c1-15-10-11-16(13-15)9-5-6-12-22(17,18)21-23(19,20)14-7-3-2-4-8-14/h2-4,7-8,10-11,13H,5-6,9,12H2,1H3/q+1. The molecule has 0 N–H and O–H groups in total. The molecule has 0 fully saturated rings. The molecule has 0 saturated carbocycles. The van der Waals surface area contributed by atoms with Gasteiger partial charge >= 0.3 is 10.1 Å². The van der Waals surface area contributed by atoms with E-state index in [1.165, 1.54) is 24.3 Å². The van der Waals surface area contributed by atoms with E-state index in [9.17, 15) is 16.8 Å². The Morgan fingerprint density at radius 3 is 2.39 bits per heavy atom. The topological polar surface area (TPSA) is 86.3 Å². The summed E-state index contributed by atoms with van der Waals surface area (Å²) in [6.07, 6.45) is 6.55. The Hall–Kier alpha value is -1.71. The minimum absolute atomic E-state index is 0.177. The normalized spacial score (nSPS) is 12.4. The van der Waals surface area contributed by atoms with E-state index >= 15 is 0 Å². The fraction of sp³-hybridized carbons (Fsp3) is 0.357. The second-order valence-corrected chi connectivity index (χ2v) is 8.57. The summed E-state index contributed by atoms with van der Waals surface area (Å²) in [6.45, 7) is 0.655. The zero-order valence-electron chi connectivity index (χ0n) is 12.7. The number of benzene rings is 1. The third-order valence-electron chi connectivity index (χ3n) is 3.11. The van der Waals surface area contributed by atoms with Gasteiger partial charge in [0.2, 0.25) is 6.33 Å². The number of rotatable bonds is 8. The first-order chi connectivity index (χ1) is 10.8. The van der Waals surface area contributed by atoms with E-state index in [0.717, 1.165) is 0 Å². The third-order valence-corrected chi connectivity index (χ3v) is 6.29. The van der Waals surface area contributed by atoms with Crippen molar-refractivity contribution in [2.24, 2.45) is 7.05 Å². The van der Waals surface area contributed by atoms with Crippen LogP contribution >= 0.6 is 0 Å². The van der Waals surface area contributed by atoms with Crippen molar-refractivity contribution < 1.29 is 25.0 Å². The summed E-state index contributed by atoms with van der Waals surface area (Å²) in [5, 5.41) is 0. The highest BCUT2D eigenvalue weighted by molar-refractivity contribution is 7.99. The molecule has 1 aromatic carbocycles. The molecule has 23 heavy (non-hydrogen) atoms. The summed E-state index contributed by atoms with van der Waals surface area (Å²) in [6, 6.07) is 7.21. The molecule has 0 aliphatic carbocycles. The van der Waals surface area contributed by atoms with Gasteiger partial charge in [-0.05, 0) is 25.0 Å². The van der Waals surface area contributed by atoms with Crippen LogP contribution < -0.4 is 4.57 Å². The van der Waals surface area contributed by atoms with E-state index in [1.54, 1.807) is 6.07 Å². The Morgan fingerprint density at radius 2 is 1.78 bits per heavy atom. The minimum atomic E-state index is -4.30. The van der Waals surface area contributed by atoms with Gasteiger partial charge < -0.3 is 0 Å². The lowest BCUT2D eigenvalue weighted by Gasteiger charge is -2.06. The molecule has 2 aromatic rings. The van der Waals surface area contributed by atoms with Crippen LogP contribution in [-0.4, -0.2) is 27.2 Å². The van der Waals surface area contributed by atoms with Crippen molar-refractivity contribution in [3.05, 3.63) is 49.1 Å². The molecule has 1 heterocycles. The van der Waals surface area contributed by atoms with Crippen molar-refractivity contribution in [2.75, 3.05) is 5.75 Å². The van der Waals surface area contributed by atoms with Gasteiger partial charge in [0.25, 0.3) is 10.1 Å². The SMILES string of the molecule is Cn1cc[n+](CCCCS(=O)(=O)OS(=O)(=O)c2ccccc2)c1. The van der Waals surface area contributed by atoms with E-state index in [2.05, 4.69) is 3.63 Å². The molecule has 9 heteroatoms. The highest BCUT2D eigenvalue weighted by atomic mass is 32.3. The molecule has 0 atom stereocenters. The van der Waals surface area contributed by atoms with Gasteiger partial charge in [0, 0.05) is 0 Å². The Bertz CT molecular complexity index is 842. The largest absolute Gasteiger partial charge is 0.311 e. The highest BCUT2D eigenvalue weighted by Gasteiger charge is 2.24. The Labute approximate surface area is 136 Å². The van der Waals surface area contributed by atoms with Gasteiger partial charge in [-0.3, -0.25) is 0 Å². The van der Waals surface area contributed by atoms with Crippen molar-refractivity contribution in [3.63, 3.8) is 0 Å². The van der Waals surface area contributed by atoms with Gasteiger partial charge in [0.15, 0.2) is 0 Å². The lowest BCUT2D eigenvalue weighted by Crippen LogP contribution is -2.31. The summed E-state index contributed by atoms with van der Waals surface area (Å²) in [7, 11) is -6.55. The van der Waals surface area contributed by atoms with Gasteiger partial charge in [0.05, 0.1) is 24.2 Å². The van der Waals surface area contributed by atoms with Gasteiger partial charge in [-0.2, -0.15) is 16.8 Å².